The smallest absolute Gasteiger partial charge is 0.294 e. The summed E-state index contributed by atoms with van der Waals surface area (Å²) in [5.74, 6) is -1.90. The van der Waals surface area contributed by atoms with Gasteiger partial charge in [0.25, 0.3) is 6.43 Å². The molecule has 1 aromatic rings. The largest absolute Gasteiger partial charge is 0.296 e. The molecule has 0 aliphatic heterocycles. The third-order valence-electron chi connectivity index (χ3n) is 2.65. The van der Waals surface area contributed by atoms with Gasteiger partial charge in [-0.15, -0.1) is 0 Å². The van der Waals surface area contributed by atoms with Crippen LogP contribution in [0, 0.1) is 0 Å². The molecule has 0 fully saturated rings. The Labute approximate surface area is 105 Å². The summed E-state index contributed by atoms with van der Waals surface area (Å²) in [5.41, 5.74) is 1.29. The first-order chi connectivity index (χ1) is 8.21. The van der Waals surface area contributed by atoms with Gasteiger partial charge in [-0.2, -0.15) is 0 Å². The Bertz CT molecular complexity index is 442. The Morgan fingerprint density at radius 3 is 2.00 bits per heavy atom. The van der Waals surface area contributed by atoms with Crippen molar-refractivity contribution < 1.29 is 18.4 Å². The van der Waals surface area contributed by atoms with Crippen molar-refractivity contribution in [3.05, 3.63) is 35.4 Å². The fourth-order valence-corrected chi connectivity index (χ4v) is 1.49. The van der Waals surface area contributed by atoms with Crippen molar-refractivity contribution >= 4 is 11.6 Å². The number of carbonyl (C=O) groups is 2. The van der Waals surface area contributed by atoms with Crippen LogP contribution in [0.2, 0.25) is 0 Å². The number of rotatable bonds is 4. The lowest BCUT2D eigenvalue weighted by atomic mass is 9.86. The Balaban J connectivity index is 2.80. The van der Waals surface area contributed by atoms with Gasteiger partial charge in [-0.3, -0.25) is 9.59 Å². The van der Waals surface area contributed by atoms with Gasteiger partial charge in [0.05, 0.1) is 6.42 Å². The van der Waals surface area contributed by atoms with Crippen LogP contribution in [-0.4, -0.2) is 18.0 Å². The molecule has 0 heterocycles. The van der Waals surface area contributed by atoms with Crippen molar-refractivity contribution in [1.82, 2.24) is 0 Å². The van der Waals surface area contributed by atoms with E-state index in [-0.39, 0.29) is 11.0 Å². The molecule has 0 aliphatic carbocycles. The van der Waals surface area contributed by atoms with E-state index in [1.54, 1.807) is 24.3 Å². The third kappa shape index (κ3) is 3.72. The van der Waals surface area contributed by atoms with E-state index in [4.69, 9.17) is 0 Å². The average molecular weight is 254 g/mol. The molecule has 98 valence electrons. The first kappa shape index (κ1) is 14.5. The van der Waals surface area contributed by atoms with Crippen molar-refractivity contribution in [2.45, 2.75) is 39.0 Å². The molecular weight excluding hydrogens is 238 g/mol. The van der Waals surface area contributed by atoms with Crippen LogP contribution >= 0.6 is 0 Å². The lowest BCUT2D eigenvalue weighted by molar-refractivity contribution is -0.128. The van der Waals surface area contributed by atoms with E-state index in [2.05, 4.69) is 0 Å². The predicted octanol–water partition coefficient (Wildman–Crippen LogP) is 3.39. The Morgan fingerprint density at radius 2 is 1.61 bits per heavy atom. The number of halogens is 2. The molecule has 0 spiro atoms. The van der Waals surface area contributed by atoms with Crippen molar-refractivity contribution in [3.63, 3.8) is 0 Å². The van der Waals surface area contributed by atoms with Crippen LogP contribution < -0.4 is 0 Å². The highest BCUT2D eigenvalue weighted by molar-refractivity contribution is 6.08. The van der Waals surface area contributed by atoms with Crippen LogP contribution in [0.5, 0.6) is 0 Å². The second-order valence-electron chi connectivity index (χ2n) is 5.19. The molecule has 1 aromatic carbocycles. The molecule has 0 saturated carbocycles. The molecule has 0 aliphatic rings. The zero-order chi connectivity index (χ0) is 13.9. The highest BCUT2D eigenvalue weighted by Gasteiger charge is 2.20. The van der Waals surface area contributed by atoms with Gasteiger partial charge in [-0.1, -0.05) is 45.0 Å². The highest BCUT2D eigenvalue weighted by atomic mass is 19.3. The van der Waals surface area contributed by atoms with Crippen LogP contribution in [0.25, 0.3) is 0 Å². The summed E-state index contributed by atoms with van der Waals surface area (Å²) in [4.78, 5) is 22.3. The molecule has 0 aromatic heterocycles. The number of hydrogen-bond acceptors (Lipinski definition) is 2. The molecule has 0 N–H and O–H groups in total. The minimum absolute atomic E-state index is 0.0413. The molecule has 18 heavy (non-hydrogen) atoms. The van der Waals surface area contributed by atoms with Gasteiger partial charge in [-0.25, -0.2) is 8.78 Å². The summed E-state index contributed by atoms with van der Waals surface area (Å²) in [6.45, 7) is 6.10. The summed E-state index contributed by atoms with van der Waals surface area (Å²) in [7, 11) is 0. The number of Topliss-reactive ketones (excluding diaryl/α,β-unsaturated/α-hetero) is 2. The quantitative estimate of drug-likeness (QED) is 0.609. The number of alkyl halides is 2. The normalized spacial score (nSPS) is 11.7. The van der Waals surface area contributed by atoms with Crippen LogP contribution in [0.1, 0.15) is 43.1 Å². The van der Waals surface area contributed by atoms with Gasteiger partial charge >= 0.3 is 0 Å². The maximum atomic E-state index is 12.0. The number of hydrogen-bond donors (Lipinski definition) is 0. The first-order valence-electron chi connectivity index (χ1n) is 5.66. The second kappa shape index (κ2) is 5.38. The van der Waals surface area contributed by atoms with E-state index in [0.29, 0.717) is 0 Å². The van der Waals surface area contributed by atoms with Gasteiger partial charge in [-0.05, 0) is 11.0 Å². The molecule has 4 heteroatoms. The molecule has 0 amide bonds. The summed E-state index contributed by atoms with van der Waals surface area (Å²) in [6, 6.07) is 6.70. The van der Waals surface area contributed by atoms with Gasteiger partial charge in [0.2, 0.25) is 5.78 Å². The number of ketones is 2. The maximum absolute atomic E-state index is 12.0. The summed E-state index contributed by atoms with van der Waals surface area (Å²) < 4.78 is 24.0. The van der Waals surface area contributed by atoms with Crippen LogP contribution in [-0.2, 0) is 10.2 Å². The minimum atomic E-state index is -3.08. The third-order valence-corrected chi connectivity index (χ3v) is 2.65. The molecule has 0 saturated heterocycles. The second-order valence-corrected chi connectivity index (χ2v) is 5.19. The van der Waals surface area contributed by atoms with Crippen LogP contribution in [0.4, 0.5) is 8.78 Å². The average Bonchev–Trinajstić information content (AvgIpc) is 2.27. The lowest BCUT2D eigenvalue weighted by Crippen LogP contribution is -2.16. The SMILES string of the molecule is CC(C)(C)c1ccc(C(=O)CC(=O)C(F)F)cc1. The summed E-state index contributed by atoms with van der Waals surface area (Å²) in [6.07, 6.45) is -3.82. The van der Waals surface area contributed by atoms with Gasteiger partial charge in [0.1, 0.15) is 0 Å². The van der Waals surface area contributed by atoms with Crippen molar-refractivity contribution in [2.24, 2.45) is 0 Å². The fraction of sp³-hybridized carbons (Fsp3) is 0.429. The zero-order valence-electron chi connectivity index (χ0n) is 10.7. The fourth-order valence-electron chi connectivity index (χ4n) is 1.49. The molecule has 0 bridgehead atoms. The van der Waals surface area contributed by atoms with Gasteiger partial charge in [0, 0.05) is 5.56 Å². The molecule has 0 atom stereocenters. The van der Waals surface area contributed by atoms with Crippen molar-refractivity contribution in [3.8, 4) is 0 Å². The van der Waals surface area contributed by atoms with Gasteiger partial charge in [0.15, 0.2) is 5.78 Å². The summed E-state index contributed by atoms with van der Waals surface area (Å²) in [5, 5.41) is 0. The monoisotopic (exact) mass is 254 g/mol. The van der Waals surface area contributed by atoms with Crippen molar-refractivity contribution in [2.75, 3.05) is 0 Å². The lowest BCUT2D eigenvalue weighted by Gasteiger charge is -2.18. The molecule has 0 radical (unpaired) electrons. The Morgan fingerprint density at radius 1 is 1.11 bits per heavy atom. The maximum Gasteiger partial charge on any atom is 0.296 e. The minimum Gasteiger partial charge on any atom is -0.294 e. The van der Waals surface area contributed by atoms with E-state index in [0.717, 1.165) is 5.56 Å². The Hall–Kier alpha value is -1.58. The van der Waals surface area contributed by atoms with E-state index in [1.807, 2.05) is 20.8 Å². The first-order valence-corrected chi connectivity index (χ1v) is 5.66. The van der Waals surface area contributed by atoms with E-state index >= 15 is 0 Å². The van der Waals surface area contributed by atoms with Gasteiger partial charge < -0.3 is 0 Å². The van der Waals surface area contributed by atoms with Crippen LogP contribution in [0.3, 0.4) is 0 Å². The van der Waals surface area contributed by atoms with Crippen LogP contribution in [0.15, 0.2) is 24.3 Å². The molecule has 2 nitrogen and oxygen atoms in total. The van der Waals surface area contributed by atoms with Crippen molar-refractivity contribution in [1.29, 1.82) is 0 Å². The topological polar surface area (TPSA) is 34.1 Å². The highest BCUT2D eigenvalue weighted by Crippen LogP contribution is 2.22. The number of carbonyl (C=O) groups excluding carboxylic acids is 2. The molecular formula is C14H16F2O2. The standard InChI is InChI=1S/C14H16F2O2/c1-14(2,3)10-6-4-9(5-7-10)11(17)8-12(18)13(15)16/h4-7,13H,8H2,1-3H3. The van der Waals surface area contributed by atoms with E-state index in [9.17, 15) is 18.4 Å². The molecule has 0 unspecified atom stereocenters. The summed E-state index contributed by atoms with van der Waals surface area (Å²) >= 11 is 0. The number of benzene rings is 1. The molecule has 1 rings (SSSR count). The Kier molecular flexibility index (Phi) is 4.33. The predicted molar refractivity (Wildman–Crippen MR) is 65.1 cm³/mol. The van der Waals surface area contributed by atoms with E-state index in [1.165, 1.54) is 0 Å². The zero-order valence-corrected chi connectivity index (χ0v) is 10.7. The van der Waals surface area contributed by atoms with E-state index < -0.39 is 24.4 Å².